The quantitative estimate of drug-likeness (QED) is 0.525. The summed E-state index contributed by atoms with van der Waals surface area (Å²) in [6, 6.07) is 9.30. The van der Waals surface area contributed by atoms with Gasteiger partial charge in [0.1, 0.15) is 5.75 Å². The highest BCUT2D eigenvalue weighted by Crippen LogP contribution is 2.23. The number of ether oxygens (including phenoxy) is 1. The van der Waals surface area contributed by atoms with Crippen LogP contribution in [0.1, 0.15) is 11.1 Å². The Morgan fingerprint density at radius 1 is 1.25 bits per heavy atom. The number of amides is 1. The fraction of sp³-hybridized carbons (Fsp3) is 0.222. The number of likely N-dealkylation sites (N-methyl/N-ethyl adjacent to an activating group) is 1. The molecule has 28 heavy (non-hydrogen) atoms. The van der Waals surface area contributed by atoms with Crippen molar-refractivity contribution in [1.82, 2.24) is 9.73 Å². The van der Waals surface area contributed by atoms with Crippen LogP contribution in [-0.2, 0) is 14.8 Å². The van der Waals surface area contributed by atoms with E-state index in [1.165, 1.54) is 32.5 Å². The number of aryl methyl sites for hydroxylation is 1. The highest BCUT2D eigenvalue weighted by molar-refractivity contribution is 7.89. The Bertz CT molecular complexity index is 1010. The highest BCUT2D eigenvalue weighted by Gasteiger charge is 2.23. The van der Waals surface area contributed by atoms with E-state index >= 15 is 0 Å². The SMILES string of the molecule is COc1ccc(S(=O)(=O)N(C)CC(=O)NN=Cc2ccc(Cl)cc2Cl)cc1C. The summed E-state index contributed by atoms with van der Waals surface area (Å²) in [5, 5.41) is 4.64. The first kappa shape index (κ1) is 22.2. The molecule has 0 aliphatic carbocycles. The smallest absolute Gasteiger partial charge is 0.255 e. The molecular formula is C18H19Cl2N3O4S. The summed E-state index contributed by atoms with van der Waals surface area (Å²) < 4.78 is 31.3. The average Bonchev–Trinajstić information content (AvgIpc) is 2.63. The van der Waals surface area contributed by atoms with E-state index in [-0.39, 0.29) is 4.90 Å². The molecule has 1 N–H and O–H groups in total. The second-order valence-corrected chi connectivity index (χ2v) is 8.74. The first-order valence-corrected chi connectivity index (χ1v) is 10.2. The number of rotatable bonds is 7. The predicted molar refractivity (Wildman–Crippen MR) is 110 cm³/mol. The van der Waals surface area contributed by atoms with Crippen molar-refractivity contribution in [3.05, 3.63) is 57.6 Å². The van der Waals surface area contributed by atoms with E-state index in [9.17, 15) is 13.2 Å². The number of hydrogen-bond acceptors (Lipinski definition) is 5. The first-order chi connectivity index (χ1) is 13.1. The maximum atomic E-state index is 12.6. The second kappa shape index (κ2) is 9.38. The van der Waals surface area contributed by atoms with Gasteiger partial charge in [-0.3, -0.25) is 4.79 Å². The summed E-state index contributed by atoms with van der Waals surface area (Å²) in [5.41, 5.74) is 3.50. The van der Waals surface area contributed by atoms with Gasteiger partial charge in [-0.15, -0.1) is 0 Å². The number of carbonyl (C=O) groups is 1. The Balaban J connectivity index is 2.02. The van der Waals surface area contributed by atoms with Gasteiger partial charge in [-0.1, -0.05) is 29.3 Å². The zero-order valence-corrected chi connectivity index (χ0v) is 17.8. The average molecular weight is 444 g/mol. The van der Waals surface area contributed by atoms with E-state index in [1.54, 1.807) is 31.2 Å². The number of halogens is 2. The van der Waals surface area contributed by atoms with Crippen molar-refractivity contribution >= 4 is 45.3 Å². The van der Waals surface area contributed by atoms with Crippen LogP contribution in [0.3, 0.4) is 0 Å². The van der Waals surface area contributed by atoms with Gasteiger partial charge >= 0.3 is 0 Å². The zero-order valence-electron chi connectivity index (χ0n) is 15.4. The van der Waals surface area contributed by atoms with Crippen molar-refractivity contribution in [3.8, 4) is 5.75 Å². The molecule has 0 saturated heterocycles. The molecule has 7 nitrogen and oxygen atoms in total. The van der Waals surface area contributed by atoms with E-state index in [4.69, 9.17) is 27.9 Å². The van der Waals surface area contributed by atoms with E-state index in [2.05, 4.69) is 10.5 Å². The molecule has 0 atom stereocenters. The molecule has 2 aromatic carbocycles. The Morgan fingerprint density at radius 2 is 1.96 bits per heavy atom. The Morgan fingerprint density at radius 3 is 2.57 bits per heavy atom. The first-order valence-electron chi connectivity index (χ1n) is 8.03. The van der Waals surface area contributed by atoms with Gasteiger partial charge in [0.2, 0.25) is 10.0 Å². The number of hydrogen-bond donors (Lipinski definition) is 1. The fourth-order valence-corrected chi connectivity index (χ4v) is 3.96. The Kier molecular flexibility index (Phi) is 7.42. The lowest BCUT2D eigenvalue weighted by Gasteiger charge is -2.17. The van der Waals surface area contributed by atoms with E-state index < -0.39 is 22.5 Å². The topological polar surface area (TPSA) is 88.1 Å². The summed E-state index contributed by atoms with van der Waals surface area (Å²) in [7, 11) is -1.02. The van der Waals surface area contributed by atoms with Crippen molar-refractivity contribution in [2.24, 2.45) is 5.10 Å². The number of nitrogens with one attached hydrogen (secondary N) is 1. The zero-order chi connectivity index (χ0) is 20.9. The van der Waals surface area contributed by atoms with Gasteiger partial charge in [-0.25, -0.2) is 13.8 Å². The van der Waals surface area contributed by atoms with Gasteiger partial charge in [-0.05, 0) is 42.8 Å². The Hall–Kier alpha value is -2.13. The summed E-state index contributed by atoms with van der Waals surface area (Å²) >= 11 is 11.8. The standard InChI is InChI=1S/C18H19Cl2N3O4S/c1-12-8-15(6-7-17(12)27-3)28(25,26)23(2)11-18(24)22-21-10-13-4-5-14(19)9-16(13)20/h4-10H,11H2,1-3H3,(H,22,24). The lowest BCUT2D eigenvalue weighted by atomic mass is 10.2. The largest absolute Gasteiger partial charge is 0.496 e. The van der Waals surface area contributed by atoms with Crippen LogP contribution in [0.25, 0.3) is 0 Å². The number of methoxy groups -OCH3 is 1. The molecule has 0 bridgehead atoms. The maximum Gasteiger partial charge on any atom is 0.255 e. The third kappa shape index (κ3) is 5.45. The maximum absolute atomic E-state index is 12.6. The van der Waals surface area contributed by atoms with Crippen molar-refractivity contribution in [3.63, 3.8) is 0 Å². The van der Waals surface area contributed by atoms with Gasteiger partial charge in [-0.2, -0.15) is 9.41 Å². The number of hydrazone groups is 1. The number of benzene rings is 2. The molecule has 150 valence electrons. The van der Waals surface area contributed by atoms with Crippen molar-refractivity contribution in [2.75, 3.05) is 20.7 Å². The van der Waals surface area contributed by atoms with Crippen LogP contribution < -0.4 is 10.2 Å². The molecule has 1 amide bonds. The van der Waals surface area contributed by atoms with Crippen molar-refractivity contribution < 1.29 is 17.9 Å². The summed E-state index contributed by atoms with van der Waals surface area (Å²) in [6.07, 6.45) is 1.35. The molecule has 0 fully saturated rings. The summed E-state index contributed by atoms with van der Waals surface area (Å²) in [6.45, 7) is 1.33. The predicted octanol–water partition coefficient (Wildman–Crippen LogP) is 3.08. The fourth-order valence-electron chi connectivity index (χ4n) is 2.29. The molecule has 0 saturated carbocycles. The van der Waals surface area contributed by atoms with Gasteiger partial charge in [0.05, 0.1) is 29.8 Å². The lowest BCUT2D eigenvalue weighted by molar-refractivity contribution is -0.121. The number of carbonyl (C=O) groups excluding carboxylic acids is 1. The normalized spacial score (nSPS) is 11.8. The van der Waals surface area contributed by atoms with Gasteiger partial charge in [0, 0.05) is 17.6 Å². The van der Waals surface area contributed by atoms with Crippen molar-refractivity contribution in [1.29, 1.82) is 0 Å². The third-order valence-corrected chi connectivity index (χ3v) is 6.16. The Labute approximate surface area is 173 Å². The molecule has 0 heterocycles. The van der Waals surface area contributed by atoms with Crippen LogP contribution in [0.15, 0.2) is 46.4 Å². The molecule has 0 unspecified atom stereocenters. The molecule has 0 aliphatic heterocycles. The molecule has 0 radical (unpaired) electrons. The molecule has 10 heteroatoms. The molecule has 0 aromatic heterocycles. The number of nitrogens with zero attached hydrogens (tertiary/aromatic N) is 2. The minimum Gasteiger partial charge on any atom is -0.496 e. The minimum absolute atomic E-state index is 0.0672. The second-order valence-electron chi connectivity index (χ2n) is 5.85. The van der Waals surface area contributed by atoms with Crippen molar-refractivity contribution in [2.45, 2.75) is 11.8 Å². The van der Waals surface area contributed by atoms with E-state index in [1.807, 2.05) is 0 Å². The van der Waals surface area contributed by atoms with E-state index in [0.717, 1.165) is 4.31 Å². The van der Waals surface area contributed by atoms with Gasteiger partial charge < -0.3 is 4.74 Å². The van der Waals surface area contributed by atoms with Crippen LogP contribution >= 0.6 is 23.2 Å². The van der Waals surface area contributed by atoms with Gasteiger partial charge in [0.15, 0.2) is 0 Å². The third-order valence-electron chi connectivity index (χ3n) is 3.80. The van der Waals surface area contributed by atoms with Crippen LogP contribution in [-0.4, -0.2) is 45.5 Å². The molecule has 0 aliphatic rings. The van der Waals surface area contributed by atoms with E-state index in [0.29, 0.717) is 26.9 Å². The molecule has 0 spiro atoms. The summed E-state index contributed by atoms with van der Waals surface area (Å²) in [4.78, 5) is 12.1. The molecule has 2 aromatic rings. The monoisotopic (exact) mass is 443 g/mol. The van der Waals surface area contributed by atoms with Gasteiger partial charge in [0.25, 0.3) is 5.91 Å². The molecular weight excluding hydrogens is 425 g/mol. The van der Waals surface area contributed by atoms with Crippen LogP contribution in [0.5, 0.6) is 5.75 Å². The van der Waals surface area contributed by atoms with Crippen LogP contribution in [0.4, 0.5) is 0 Å². The lowest BCUT2D eigenvalue weighted by Crippen LogP contribution is -2.36. The highest BCUT2D eigenvalue weighted by atomic mass is 35.5. The number of sulfonamides is 1. The van der Waals surface area contributed by atoms with Crippen LogP contribution in [0.2, 0.25) is 10.0 Å². The molecule has 2 rings (SSSR count). The minimum atomic E-state index is -3.84. The summed E-state index contributed by atoms with van der Waals surface area (Å²) in [5.74, 6) is -0.0211. The van der Waals surface area contributed by atoms with Crippen LogP contribution in [0, 0.1) is 6.92 Å².